The zero-order valence-electron chi connectivity index (χ0n) is 29.8. The summed E-state index contributed by atoms with van der Waals surface area (Å²) in [6.45, 7) is 4.56. The molecule has 1 aromatic heterocycles. The normalized spacial score (nSPS) is 18.8. The molecule has 2 fully saturated rings. The quantitative estimate of drug-likeness (QED) is 0.101. The number of rotatable bonds is 19. The molecule has 4 rings (SSSR count). The molecule has 5 atom stereocenters. The van der Waals surface area contributed by atoms with Gasteiger partial charge >= 0.3 is 0 Å². The van der Waals surface area contributed by atoms with Gasteiger partial charge in [0.05, 0.1) is 6.04 Å². The van der Waals surface area contributed by atoms with Crippen LogP contribution in [-0.4, -0.2) is 108 Å². The van der Waals surface area contributed by atoms with Gasteiger partial charge in [-0.1, -0.05) is 18.2 Å². The van der Waals surface area contributed by atoms with Crippen molar-refractivity contribution in [3.8, 4) is 0 Å². The molecular formula is C36H52N8O7. The molecule has 0 radical (unpaired) electrons. The van der Waals surface area contributed by atoms with Gasteiger partial charge in [-0.15, -0.1) is 0 Å². The average molecular weight is 709 g/mol. The van der Waals surface area contributed by atoms with Crippen LogP contribution in [0.5, 0.6) is 0 Å². The second-order valence-electron chi connectivity index (χ2n) is 13.4. The maximum atomic E-state index is 13.9. The van der Waals surface area contributed by atoms with Crippen molar-refractivity contribution >= 4 is 52.1 Å². The summed E-state index contributed by atoms with van der Waals surface area (Å²) in [6.07, 6.45) is 5.97. The van der Waals surface area contributed by atoms with Crippen LogP contribution in [0, 0.1) is 0 Å². The van der Waals surface area contributed by atoms with E-state index >= 15 is 0 Å². The van der Waals surface area contributed by atoms with E-state index in [0.717, 1.165) is 23.0 Å². The summed E-state index contributed by atoms with van der Waals surface area (Å²) in [6, 6.07) is 3.11. The van der Waals surface area contributed by atoms with Crippen molar-refractivity contribution in [3.05, 3.63) is 36.0 Å². The number of carbonyl (C=O) groups excluding carboxylic acids is 7. The topological polar surface area (TPSA) is 211 Å². The molecule has 3 heterocycles. The van der Waals surface area contributed by atoms with Crippen LogP contribution >= 0.6 is 0 Å². The van der Waals surface area contributed by atoms with Gasteiger partial charge in [-0.05, 0) is 84.0 Å². The number of ketones is 1. The van der Waals surface area contributed by atoms with Crippen molar-refractivity contribution < 1.29 is 33.6 Å². The van der Waals surface area contributed by atoms with E-state index in [2.05, 4.69) is 36.9 Å². The van der Waals surface area contributed by atoms with Crippen molar-refractivity contribution in [1.82, 2.24) is 41.8 Å². The molecule has 2 aliphatic rings. The van der Waals surface area contributed by atoms with Gasteiger partial charge < -0.3 is 41.8 Å². The molecule has 1 aromatic carbocycles. The SMILES string of the molecule is CNCCCC(=O)NCCCCC(NC(=O)C1CCC(=O)N1)C(=O)NC(Cc1c[nH]c2ccccc12)C(=O)NC(C)C(=O)N1CCCC1C(C)=O. The summed E-state index contributed by atoms with van der Waals surface area (Å²) in [5.41, 5.74) is 1.62. The molecule has 0 aliphatic carbocycles. The predicted molar refractivity (Wildman–Crippen MR) is 190 cm³/mol. The molecule has 0 saturated carbocycles. The number of carbonyl (C=O) groups is 7. The first-order valence-electron chi connectivity index (χ1n) is 18.0. The smallest absolute Gasteiger partial charge is 0.245 e. The summed E-state index contributed by atoms with van der Waals surface area (Å²) in [4.78, 5) is 95.0. The Morgan fingerprint density at radius 2 is 1.71 bits per heavy atom. The fourth-order valence-electron chi connectivity index (χ4n) is 6.65. The van der Waals surface area contributed by atoms with Crippen LogP contribution in [0.4, 0.5) is 0 Å². The molecule has 15 nitrogen and oxygen atoms in total. The molecule has 0 bridgehead atoms. The molecule has 278 valence electrons. The molecule has 6 amide bonds. The van der Waals surface area contributed by atoms with Crippen molar-refractivity contribution in [2.45, 2.75) is 108 Å². The van der Waals surface area contributed by atoms with E-state index in [4.69, 9.17) is 0 Å². The first-order chi connectivity index (χ1) is 24.5. The maximum Gasteiger partial charge on any atom is 0.245 e. The van der Waals surface area contributed by atoms with Gasteiger partial charge in [-0.2, -0.15) is 0 Å². The third-order valence-corrected chi connectivity index (χ3v) is 9.48. The molecule has 7 N–H and O–H groups in total. The number of likely N-dealkylation sites (tertiary alicyclic amines) is 1. The first-order valence-corrected chi connectivity index (χ1v) is 18.0. The number of nitrogens with zero attached hydrogens (tertiary/aromatic N) is 1. The number of fused-ring (bicyclic) bond motifs is 1. The second-order valence-corrected chi connectivity index (χ2v) is 13.4. The number of para-hydroxylation sites is 1. The molecule has 5 unspecified atom stereocenters. The van der Waals surface area contributed by atoms with Crippen LogP contribution in [0.1, 0.15) is 77.2 Å². The van der Waals surface area contributed by atoms with E-state index in [1.807, 2.05) is 31.3 Å². The van der Waals surface area contributed by atoms with Gasteiger partial charge in [0, 0.05) is 49.5 Å². The predicted octanol–water partition coefficient (Wildman–Crippen LogP) is 0.329. The van der Waals surface area contributed by atoms with Gasteiger partial charge in [0.2, 0.25) is 35.4 Å². The highest BCUT2D eigenvalue weighted by molar-refractivity contribution is 5.97. The fourth-order valence-corrected chi connectivity index (χ4v) is 6.65. The summed E-state index contributed by atoms with van der Waals surface area (Å²) in [5.74, 6) is -2.49. The lowest BCUT2D eigenvalue weighted by Crippen LogP contribution is -2.58. The average Bonchev–Trinajstić information content (AvgIpc) is 3.87. The van der Waals surface area contributed by atoms with Crippen LogP contribution in [0.15, 0.2) is 30.5 Å². The molecule has 51 heavy (non-hydrogen) atoms. The van der Waals surface area contributed by atoms with Crippen molar-refractivity contribution in [2.75, 3.05) is 26.7 Å². The third-order valence-electron chi connectivity index (χ3n) is 9.48. The Hall–Kier alpha value is -4.79. The maximum absolute atomic E-state index is 13.9. The summed E-state index contributed by atoms with van der Waals surface area (Å²) >= 11 is 0. The number of Topliss-reactive ketones (excluding diaryl/α,β-unsaturated/α-hetero) is 1. The number of H-pyrrole nitrogens is 1. The standard InChI is InChI=1S/C36H52N8O7/c1-22(36(51)44-19-9-13-30(44)23(2)45)40-35(50)29(20-24-21-39-26-11-5-4-10-25(24)26)43-33(48)27(42-34(49)28-15-16-32(47)41-28)12-6-7-18-38-31(46)14-8-17-37-3/h4-5,10-11,21-22,27-30,37,39H,6-9,12-20H2,1-3H3,(H,38,46)(H,40,50)(H,41,47)(H,42,49)(H,43,48). The molecule has 2 aromatic rings. The monoisotopic (exact) mass is 708 g/mol. The zero-order valence-corrected chi connectivity index (χ0v) is 29.8. The Balaban J connectivity index is 1.47. The molecule has 2 saturated heterocycles. The number of benzene rings is 1. The van der Waals surface area contributed by atoms with Crippen LogP contribution in [-0.2, 0) is 40.0 Å². The van der Waals surface area contributed by atoms with E-state index in [0.29, 0.717) is 58.0 Å². The summed E-state index contributed by atoms with van der Waals surface area (Å²) in [7, 11) is 1.82. The molecular weight excluding hydrogens is 656 g/mol. The first kappa shape index (κ1) is 39.0. The van der Waals surface area contributed by atoms with Gasteiger partial charge in [0.1, 0.15) is 24.2 Å². The fraction of sp³-hybridized carbons (Fsp3) is 0.583. The minimum atomic E-state index is -1.13. The highest BCUT2D eigenvalue weighted by Gasteiger charge is 2.36. The van der Waals surface area contributed by atoms with Crippen LogP contribution in [0.3, 0.4) is 0 Å². The Morgan fingerprint density at radius 3 is 2.43 bits per heavy atom. The Kier molecular flexibility index (Phi) is 14.5. The van der Waals surface area contributed by atoms with E-state index in [1.54, 1.807) is 13.1 Å². The van der Waals surface area contributed by atoms with Crippen molar-refractivity contribution in [2.24, 2.45) is 0 Å². The van der Waals surface area contributed by atoms with E-state index < -0.39 is 47.9 Å². The lowest BCUT2D eigenvalue weighted by molar-refractivity contribution is -0.140. The minimum Gasteiger partial charge on any atom is -0.361 e. The van der Waals surface area contributed by atoms with Gasteiger partial charge in [-0.3, -0.25) is 33.6 Å². The number of amides is 6. The van der Waals surface area contributed by atoms with Gasteiger partial charge in [-0.25, -0.2) is 0 Å². The lowest BCUT2D eigenvalue weighted by atomic mass is 10.0. The van der Waals surface area contributed by atoms with Crippen molar-refractivity contribution in [1.29, 1.82) is 0 Å². The number of aromatic nitrogens is 1. The number of hydrogen-bond donors (Lipinski definition) is 7. The molecule has 15 heteroatoms. The lowest BCUT2D eigenvalue weighted by Gasteiger charge is -2.28. The highest BCUT2D eigenvalue weighted by Crippen LogP contribution is 2.21. The Labute approximate surface area is 298 Å². The second kappa shape index (κ2) is 19.0. The highest BCUT2D eigenvalue weighted by atomic mass is 16.2. The van der Waals surface area contributed by atoms with Crippen LogP contribution in [0.25, 0.3) is 10.9 Å². The van der Waals surface area contributed by atoms with Gasteiger partial charge in [0.25, 0.3) is 0 Å². The van der Waals surface area contributed by atoms with Crippen LogP contribution in [0.2, 0.25) is 0 Å². The van der Waals surface area contributed by atoms with Crippen LogP contribution < -0.4 is 31.9 Å². The number of nitrogens with one attached hydrogen (secondary N) is 7. The largest absolute Gasteiger partial charge is 0.361 e. The Bertz CT molecular complexity index is 1580. The number of unbranched alkanes of at least 4 members (excludes halogenated alkanes) is 1. The van der Waals surface area contributed by atoms with E-state index in [9.17, 15) is 33.6 Å². The number of aromatic amines is 1. The van der Waals surface area contributed by atoms with Crippen molar-refractivity contribution in [3.63, 3.8) is 0 Å². The summed E-state index contributed by atoms with van der Waals surface area (Å²) < 4.78 is 0. The Morgan fingerprint density at radius 1 is 0.941 bits per heavy atom. The third kappa shape index (κ3) is 11.1. The molecule has 0 spiro atoms. The van der Waals surface area contributed by atoms with E-state index in [1.165, 1.54) is 11.8 Å². The summed E-state index contributed by atoms with van der Waals surface area (Å²) in [5, 5.41) is 17.7. The minimum absolute atomic E-state index is 0.0646. The molecule has 2 aliphatic heterocycles. The zero-order chi connectivity index (χ0) is 36.9. The number of hydrogen-bond acceptors (Lipinski definition) is 8. The van der Waals surface area contributed by atoms with E-state index in [-0.39, 0.29) is 42.8 Å². The van der Waals surface area contributed by atoms with Gasteiger partial charge in [0.15, 0.2) is 5.78 Å².